The van der Waals surface area contributed by atoms with E-state index < -0.39 is 0 Å². The molecule has 1 aromatic carbocycles. The molecule has 8 nitrogen and oxygen atoms in total. The zero-order valence-corrected chi connectivity index (χ0v) is 16.0. The number of aromatic hydroxyl groups is 1. The topological polar surface area (TPSA) is 109 Å². The highest BCUT2D eigenvalue weighted by Crippen LogP contribution is 2.25. The van der Waals surface area contributed by atoms with Crippen molar-refractivity contribution in [3.63, 3.8) is 0 Å². The minimum atomic E-state index is -0.151. The second-order valence-electron chi connectivity index (χ2n) is 6.84. The summed E-state index contributed by atoms with van der Waals surface area (Å²) in [6, 6.07) is 10.7. The van der Waals surface area contributed by atoms with Crippen molar-refractivity contribution in [2.75, 3.05) is 18.5 Å². The average Bonchev–Trinajstić information content (AvgIpc) is 3.19. The lowest BCUT2D eigenvalue weighted by molar-refractivity contribution is 0.241. The Labute approximate surface area is 167 Å². The van der Waals surface area contributed by atoms with Gasteiger partial charge in [-0.25, -0.2) is 15.0 Å². The van der Waals surface area contributed by atoms with E-state index in [0.29, 0.717) is 29.4 Å². The lowest BCUT2D eigenvalue weighted by Gasteiger charge is -2.12. The SMILES string of the molecule is CC(CO)n1cnc2c(NCCc3ccc(O)cc3)nc(-c3cccnc3)nc21. The number of phenolic OH excluding ortho intramolecular Hbond substituents is 1. The van der Waals surface area contributed by atoms with E-state index in [0.717, 1.165) is 17.5 Å². The van der Waals surface area contributed by atoms with Gasteiger partial charge in [-0.15, -0.1) is 0 Å². The molecule has 1 unspecified atom stereocenters. The first-order valence-corrected chi connectivity index (χ1v) is 9.43. The number of nitrogens with one attached hydrogen (secondary N) is 1. The fourth-order valence-electron chi connectivity index (χ4n) is 3.06. The minimum absolute atomic E-state index is 0.0126. The van der Waals surface area contributed by atoms with E-state index >= 15 is 0 Å². The molecule has 0 amide bonds. The maximum atomic E-state index is 9.57. The molecule has 0 bridgehead atoms. The monoisotopic (exact) mass is 390 g/mol. The molecule has 0 saturated heterocycles. The first-order valence-electron chi connectivity index (χ1n) is 9.43. The number of benzene rings is 1. The van der Waals surface area contributed by atoms with Crippen molar-refractivity contribution in [2.45, 2.75) is 19.4 Å². The molecule has 0 aliphatic carbocycles. The Morgan fingerprint density at radius 3 is 2.69 bits per heavy atom. The summed E-state index contributed by atoms with van der Waals surface area (Å²) in [5.41, 5.74) is 3.23. The van der Waals surface area contributed by atoms with E-state index in [1.807, 2.05) is 35.8 Å². The molecule has 29 heavy (non-hydrogen) atoms. The Bertz CT molecular complexity index is 1100. The molecular weight excluding hydrogens is 368 g/mol. The summed E-state index contributed by atoms with van der Waals surface area (Å²) in [6.07, 6.45) is 5.87. The molecule has 8 heteroatoms. The van der Waals surface area contributed by atoms with Crippen LogP contribution >= 0.6 is 0 Å². The van der Waals surface area contributed by atoms with Gasteiger partial charge in [0.15, 0.2) is 17.3 Å². The fraction of sp³-hybridized carbons (Fsp3) is 0.238. The summed E-state index contributed by atoms with van der Waals surface area (Å²) in [5, 5.41) is 22.4. The molecule has 0 aliphatic rings. The van der Waals surface area contributed by atoms with Crippen LogP contribution in [0, 0.1) is 0 Å². The number of aliphatic hydroxyl groups excluding tert-OH is 1. The van der Waals surface area contributed by atoms with Crippen LogP contribution < -0.4 is 5.32 Å². The third kappa shape index (κ3) is 4.02. The number of rotatable bonds is 7. The van der Waals surface area contributed by atoms with Crippen molar-refractivity contribution in [2.24, 2.45) is 0 Å². The summed E-state index contributed by atoms with van der Waals surface area (Å²) >= 11 is 0. The van der Waals surface area contributed by atoms with Crippen molar-refractivity contribution >= 4 is 17.0 Å². The molecule has 3 aromatic heterocycles. The van der Waals surface area contributed by atoms with Gasteiger partial charge in [-0.2, -0.15) is 0 Å². The van der Waals surface area contributed by atoms with Crippen molar-refractivity contribution in [1.29, 1.82) is 0 Å². The molecular formula is C21H22N6O2. The highest BCUT2D eigenvalue weighted by Gasteiger charge is 2.17. The fourth-order valence-corrected chi connectivity index (χ4v) is 3.06. The Kier molecular flexibility index (Phi) is 5.35. The van der Waals surface area contributed by atoms with Crippen LogP contribution in [0.4, 0.5) is 5.82 Å². The van der Waals surface area contributed by atoms with Crippen LogP contribution in [0.2, 0.25) is 0 Å². The third-order valence-electron chi connectivity index (χ3n) is 4.72. The van der Waals surface area contributed by atoms with Crippen LogP contribution in [0.15, 0.2) is 55.1 Å². The van der Waals surface area contributed by atoms with Crippen molar-refractivity contribution in [3.05, 3.63) is 60.7 Å². The standard InChI is InChI=1S/C21H22N6O2/c1-14(12-28)27-13-24-18-20(23-10-8-15-4-6-17(29)7-5-15)25-19(26-21(18)27)16-3-2-9-22-11-16/h2-7,9,11,13-14,28-29H,8,10,12H2,1H3,(H,23,25,26). The third-order valence-corrected chi connectivity index (χ3v) is 4.72. The molecule has 148 valence electrons. The summed E-state index contributed by atoms with van der Waals surface area (Å²) < 4.78 is 1.85. The molecule has 0 spiro atoms. The molecule has 4 aromatic rings. The van der Waals surface area contributed by atoms with Crippen LogP contribution in [0.25, 0.3) is 22.6 Å². The average molecular weight is 390 g/mol. The van der Waals surface area contributed by atoms with Gasteiger partial charge in [0.1, 0.15) is 11.3 Å². The number of nitrogens with zero attached hydrogens (tertiary/aromatic N) is 5. The van der Waals surface area contributed by atoms with E-state index in [1.165, 1.54) is 0 Å². The Morgan fingerprint density at radius 2 is 1.97 bits per heavy atom. The Morgan fingerprint density at radius 1 is 1.14 bits per heavy atom. The quantitative estimate of drug-likeness (QED) is 0.445. The predicted octanol–water partition coefficient (Wildman–Crippen LogP) is 2.80. The van der Waals surface area contributed by atoms with Crippen LogP contribution in [-0.2, 0) is 6.42 Å². The van der Waals surface area contributed by atoms with E-state index in [4.69, 9.17) is 0 Å². The summed E-state index contributed by atoms with van der Waals surface area (Å²) in [7, 11) is 0. The highest BCUT2D eigenvalue weighted by atomic mass is 16.3. The molecule has 0 fully saturated rings. The second-order valence-corrected chi connectivity index (χ2v) is 6.84. The molecule has 1 atom stereocenters. The van der Waals surface area contributed by atoms with Crippen molar-refractivity contribution in [3.8, 4) is 17.1 Å². The maximum absolute atomic E-state index is 9.57. The number of imidazole rings is 1. The molecule has 3 N–H and O–H groups in total. The highest BCUT2D eigenvalue weighted by molar-refractivity contribution is 5.85. The zero-order chi connectivity index (χ0) is 20.2. The first kappa shape index (κ1) is 18.8. The number of anilines is 1. The van der Waals surface area contributed by atoms with Gasteiger partial charge in [-0.1, -0.05) is 12.1 Å². The van der Waals surface area contributed by atoms with Gasteiger partial charge < -0.3 is 20.1 Å². The van der Waals surface area contributed by atoms with Gasteiger partial charge in [0.05, 0.1) is 19.0 Å². The number of pyridine rings is 1. The van der Waals surface area contributed by atoms with Gasteiger partial charge >= 0.3 is 0 Å². The van der Waals surface area contributed by atoms with Crippen LogP contribution in [-0.4, -0.2) is 47.9 Å². The lowest BCUT2D eigenvalue weighted by Crippen LogP contribution is -2.11. The first-order chi connectivity index (χ1) is 14.2. The predicted molar refractivity (Wildman–Crippen MR) is 111 cm³/mol. The van der Waals surface area contributed by atoms with Gasteiger partial charge in [0.2, 0.25) is 0 Å². The van der Waals surface area contributed by atoms with Crippen molar-refractivity contribution in [1.82, 2.24) is 24.5 Å². The Hall–Kier alpha value is -3.52. The second kappa shape index (κ2) is 8.24. The van der Waals surface area contributed by atoms with E-state index in [2.05, 4.69) is 25.3 Å². The summed E-state index contributed by atoms with van der Waals surface area (Å²) in [4.78, 5) is 18.0. The molecule has 0 saturated carbocycles. The van der Waals surface area contributed by atoms with Crippen molar-refractivity contribution < 1.29 is 10.2 Å². The number of aromatic nitrogens is 5. The number of phenols is 1. The Balaban J connectivity index is 1.67. The molecule has 0 aliphatic heterocycles. The van der Waals surface area contributed by atoms with E-state index in [9.17, 15) is 10.2 Å². The maximum Gasteiger partial charge on any atom is 0.166 e. The smallest absolute Gasteiger partial charge is 0.166 e. The van der Waals surface area contributed by atoms with Gasteiger partial charge in [-0.3, -0.25) is 4.98 Å². The van der Waals surface area contributed by atoms with Gasteiger partial charge in [0.25, 0.3) is 0 Å². The zero-order valence-electron chi connectivity index (χ0n) is 16.0. The van der Waals surface area contributed by atoms with E-state index in [-0.39, 0.29) is 18.4 Å². The number of fused-ring (bicyclic) bond motifs is 1. The van der Waals surface area contributed by atoms with E-state index in [1.54, 1.807) is 30.9 Å². The number of hydrogen-bond donors (Lipinski definition) is 3. The molecule has 3 heterocycles. The summed E-state index contributed by atoms with van der Waals surface area (Å²) in [5.74, 6) is 1.44. The minimum Gasteiger partial charge on any atom is -0.508 e. The summed E-state index contributed by atoms with van der Waals surface area (Å²) in [6.45, 7) is 2.54. The molecule has 4 rings (SSSR count). The van der Waals surface area contributed by atoms with Gasteiger partial charge in [0, 0.05) is 24.5 Å². The largest absolute Gasteiger partial charge is 0.508 e. The normalized spacial score (nSPS) is 12.2. The lowest BCUT2D eigenvalue weighted by atomic mass is 10.1. The van der Waals surface area contributed by atoms with Crippen LogP contribution in [0.1, 0.15) is 18.5 Å². The molecule has 0 radical (unpaired) electrons. The number of aliphatic hydroxyl groups is 1. The van der Waals surface area contributed by atoms with Gasteiger partial charge in [-0.05, 0) is 43.2 Å². The van der Waals surface area contributed by atoms with Crippen LogP contribution in [0.5, 0.6) is 5.75 Å². The number of hydrogen-bond acceptors (Lipinski definition) is 7. The van der Waals surface area contributed by atoms with Crippen LogP contribution in [0.3, 0.4) is 0 Å².